The molecule has 0 bridgehead atoms. The zero-order chi connectivity index (χ0) is 14.0. The summed E-state index contributed by atoms with van der Waals surface area (Å²) >= 11 is 1.56. The van der Waals surface area contributed by atoms with Gasteiger partial charge in [0.15, 0.2) is 5.54 Å². The smallest absolute Gasteiger partial charge is 0.411 e. The van der Waals surface area contributed by atoms with Crippen LogP contribution in [0.2, 0.25) is 0 Å². The molecule has 6 heteroatoms. The molecule has 1 atom stereocenters. The molecule has 5 nitrogen and oxygen atoms in total. The number of hydrogen-bond acceptors (Lipinski definition) is 4. The summed E-state index contributed by atoms with van der Waals surface area (Å²) in [4.78, 5) is 25.0. The van der Waals surface area contributed by atoms with E-state index >= 15 is 0 Å². The fourth-order valence-electron chi connectivity index (χ4n) is 1.97. The van der Waals surface area contributed by atoms with Crippen molar-refractivity contribution >= 4 is 23.8 Å². The van der Waals surface area contributed by atoms with Gasteiger partial charge in [0.2, 0.25) is 0 Å². The van der Waals surface area contributed by atoms with Crippen molar-refractivity contribution < 1.29 is 19.4 Å². The van der Waals surface area contributed by atoms with Gasteiger partial charge in [0.1, 0.15) is 5.60 Å². The normalized spacial score (nSPS) is 23.8. The molecule has 0 aromatic carbocycles. The number of thioether (sulfide) groups is 1. The van der Waals surface area contributed by atoms with Crippen LogP contribution in [0.5, 0.6) is 0 Å². The summed E-state index contributed by atoms with van der Waals surface area (Å²) in [5, 5.41) is 9.45. The van der Waals surface area contributed by atoms with Crippen molar-refractivity contribution in [3.05, 3.63) is 0 Å². The minimum Gasteiger partial charge on any atom is -0.479 e. The highest BCUT2D eigenvalue weighted by Crippen LogP contribution is 2.34. The maximum Gasteiger partial charge on any atom is 0.411 e. The van der Waals surface area contributed by atoms with E-state index in [-0.39, 0.29) is 0 Å². The molecule has 1 aliphatic rings. The highest BCUT2D eigenvalue weighted by atomic mass is 32.2. The molecule has 1 aliphatic heterocycles. The van der Waals surface area contributed by atoms with Crippen molar-refractivity contribution in [2.24, 2.45) is 0 Å². The second-order valence-electron chi connectivity index (χ2n) is 5.36. The van der Waals surface area contributed by atoms with Crippen LogP contribution in [0.4, 0.5) is 4.79 Å². The first-order chi connectivity index (χ1) is 8.23. The van der Waals surface area contributed by atoms with Crippen molar-refractivity contribution in [3.63, 3.8) is 0 Å². The van der Waals surface area contributed by atoms with Crippen LogP contribution < -0.4 is 0 Å². The highest BCUT2D eigenvalue weighted by Gasteiger charge is 2.49. The lowest BCUT2D eigenvalue weighted by Crippen LogP contribution is -2.58. The molecule has 1 saturated heterocycles. The van der Waals surface area contributed by atoms with Gasteiger partial charge in [-0.15, -0.1) is 0 Å². The van der Waals surface area contributed by atoms with Crippen molar-refractivity contribution in [1.29, 1.82) is 0 Å². The highest BCUT2D eigenvalue weighted by molar-refractivity contribution is 7.99. The SMILES string of the molecule is CCN(C(=O)OC(C)(C)C)C1(C(=O)O)CCSC1. The fourth-order valence-corrected chi connectivity index (χ4v) is 3.36. The number of likely N-dealkylation sites (N-methyl/N-ethyl adjacent to an activating group) is 1. The van der Waals surface area contributed by atoms with E-state index < -0.39 is 23.2 Å². The Morgan fingerprint density at radius 2 is 2.06 bits per heavy atom. The Balaban J connectivity index is 2.93. The van der Waals surface area contributed by atoms with Crippen LogP contribution in [0.15, 0.2) is 0 Å². The van der Waals surface area contributed by atoms with E-state index in [0.29, 0.717) is 18.7 Å². The Kier molecular flexibility index (Phi) is 4.53. The Labute approximate surface area is 112 Å². The molecule has 0 spiro atoms. The Morgan fingerprint density at radius 3 is 2.39 bits per heavy atom. The molecule has 1 fully saturated rings. The summed E-state index contributed by atoms with van der Waals surface area (Å²) in [6, 6.07) is 0. The molecular formula is C12H21NO4S. The average molecular weight is 275 g/mol. The minimum absolute atomic E-state index is 0.335. The number of nitrogens with zero attached hydrogens (tertiary/aromatic N) is 1. The third-order valence-electron chi connectivity index (χ3n) is 2.85. The first-order valence-corrected chi connectivity index (χ1v) is 7.20. The van der Waals surface area contributed by atoms with E-state index in [1.807, 2.05) is 0 Å². The standard InChI is InChI=1S/C12H21NO4S/c1-5-13(10(16)17-11(2,3)4)12(9(14)15)6-7-18-8-12/h5-8H2,1-4H3,(H,14,15). The molecule has 18 heavy (non-hydrogen) atoms. The fraction of sp³-hybridized carbons (Fsp3) is 0.833. The van der Waals surface area contributed by atoms with Crippen molar-refractivity contribution in [2.45, 2.75) is 45.3 Å². The van der Waals surface area contributed by atoms with Crippen molar-refractivity contribution in [1.82, 2.24) is 4.90 Å². The van der Waals surface area contributed by atoms with E-state index in [1.165, 1.54) is 4.90 Å². The second kappa shape index (κ2) is 5.38. The summed E-state index contributed by atoms with van der Waals surface area (Å²) in [6.45, 7) is 7.43. The molecule has 0 aromatic heterocycles. The van der Waals surface area contributed by atoms with Gasteiger partial charge in [-0.3, -0.25) is 4.90 Å². The summed E-state index contributed by atoms with van der Waals surface area (Å²) in [7, 11) is 0. The molecule has 1 unspecified atom stereocenters. The first kappa shape index (κ1) is 15.1. The molecule has 1 amide bonds. The third kappa shape index (κ3) is 3.10. The number of aliphatic carboxylic acids is 1. The predicted molar refractivity (Wildman–Crippen MR) is 70.9 cm³/mol. The van der Waals surface area contributed by atoms with Gasteiger partial charge in [-0.2, -0.15) is 11.8 Å². The molecule has 1 rings (SSSR count). The van der Waals surface area contributed by atoms with Crippen LogP contribution in [0.25, 0.3) is 0 Å². The van der Waals surface area contributed by atoms with Gasteiger partial charge in [0.25, 0.3) is 0 Å². The van der Waals surface area contributed by atoms with E-state index in [1.54, 1.807) is 39.5 Å². The predicted octanol–water partition coefficient (Wildman–Crippen LogP) is 2.20. The lowest BCUT2D eigenvalue weighted by Gasteiger charge is -2.37. The summed E-state index contributed by atoms with van der Waals surface area (Å²) in [6.07, 6.45) is -0.0741. The minimum atomic E-state index is -1.11. The van der Waals surface area contributed by atoms with E-state index in [2.05, 4.69) is 0 Å². The molecule has 104 valence electrons. The monoisotopic (exact) mass is 275 g/mol. The molecule has 0 radical (unpaired) electrons. The number of carbonyl (C=O) groups is 2. The van der Waals surface area contributed by atoms with Crippen LogP contribution in [0.1, 0.15) is 34.1 Å². The number of ether oxygens (including phenoxy) is 1. The van der Waals surface area contributed by atoms with E-state index in [0.717, 1.165) is 5.75 Å². The third-order valence-corrected chi connectivity index (χ3v) is 4.02. The molecule has 1 N–H and O–H groups in total. The maximum absolute atomic E-state index is 12.1. The Morgan fingerprint density at radius 1 is 1.44 bits per heavy atom. The van der Waals surface area contributed by atoms with Crippen LogP contribution in [0, 0.1) is 0 Å². The molecule has 0 aromatic rings. The zero-order valence-corrected chi connectivity index (χ0v) is 12.2. The molecule has 0 aliphatic carbocycles. The van der Waals surface area contributed by atoms with Crippen molar-refractivity contribution in [2.75, 3.05) is 18.1 Å². The van der Waals surface area contributed by atoms with Gasteiger partial charge in [-0.05, 0) is 39.9 Å². The topological polar surface area (TPSA) is 66.8 Å². The number of carbonyl (C=O) groups excluding carboxylic acids is 1. The average Bonchev–Trinajstić information content (AvgIpc) is 2.66. The largest absolute Gasteiger partial charge is 0.479 e. The first-order valence-electron chi connectivity index (χ1n) is 6.05. The zero-order valence-electron chi connectivity index (χ0n) is 11.4. The van der Waals surface area contributed by atoms with Crippen LogP contribution >= 0.6 is 11.8 Å². The quantitative estimate of drug-likeness (QED) is 0.855. The number of carboxylic acid groups (broad SMARTS) is 1. The lowest BCUT2D eigenvalue weighted by atomic mass is 9.97. The second-order valence-corrected chi connectivity index (χ2v) is 6.47. The van der Waals surface area contributed by atoms with Gasteiger partial charge in [0, 0.05) is 12.3 Å². The number of rotatable bonds is 3. The Hall–Kier alpha value is -0.910. The van der Waals surface area contributed by atoms with E-state index in [4.69, 9.17) is 4.74 Å². The summed E-state index contributed by atoms with van der Waals surface area (Å²) in [5.41, 5.74) is -1.72. The molecule has 1 heterocycles. The Bertz CT molecular complexity index is 331. The van der Waals surface area contributed by atoms with Gasteiger partial charge in [-0.25, -0.2) is 9.59 Å². The van der Waals surface area contributed by atoms with Crippen LogP contribution in [-0.2, 0) is 9.53 Å². The summed E-state index contributed by atoms with van der Waals surface area (Å²) < 4.78 is 5.29. The van der Waals surface area contributed by atoms with Gasteiger partial charge in [-0.1, -0.05) is 0 Å². The van der Waals surface area contributed by atoms with Gasteiger partial charge < -0.3 is 9.84 Å². The van der Waals surface area contributed by atoms with Crippen LogP contribution in [-0.4, -0.2) is 51.3 Å². The van der Waals surface area contributed by atoms with Gasteiger partial charge in [0.05, 0.1) is 0 Å². The number of hydrogen-bond donors (Lipinski definition) is 1. The molecular weight excluding hydrogens is 254 g/mol. The van der Waals surface area contributed by atoms with Gasteiger partial charge >= 0.3 is 12.1 Å². The maximum atomic E-state index is 12.1. The van der Waals surface area contributed by atoms with Crippen LogP contribution in [0.3, 0.4) is 0 Å². The lowest BCUT2D eigenvalue weighted by molar-refractivity contribution is -0.149. The van der Waals surface area contributed by atoms with Crippen molar-refractivity contribution in [3.8, 4) is 0 Å². The molecule has 0 saturated carbocycles. The number of amides is 1. The van der Waals surface area contributed by atoms with E-state index in [9.17, 15) is 14.7 Å². The summed E-state index contributed by atoms with van der Waals surface area (Å²) in [5.74, 6) is 0.237. The number of carboxylic acids is 1.